The van der Waals surface area contributed by atoms with Crippen molar-refractivity contribution in [3.8, 4) is 0 Å². The Balaban J connectivity index is 2.49. The van der Waals surface area contributed by atoms with Crippen molar-refractivity contribution in [2.45, 2.75) is 12.0 Å². The molecule has 0 atom stereocenters. The van der Waals surface area contributed by atoms with Crippen LogP contribution < -0.4 is 0 Å². The number of hydrogen-bond acceptors (Lipinski definition) is 0. The first-order valence-electron chi connectivity index (χ1n) is 5.44. The van der Waals surface area contributed by atoms with Crippen LogP contribution in [0.1, 0.15) is 18.1 Å². The lowest BCUT2D eigenvalue weighted by Gasteiger charge is -2.27. The Labute approximate surface area is 98.1 Å². The Morgan fingerprint density at radius 1 is 0.812 bits per heavy atom. The van der Waals surface area contributed by atoms with Gasteiger partial charge in [-0.15, -0.1) is 0 Å². The van der Waals surface area contributed by atoms with Gasteiger partial charge in [0.2, 0.25) is 9.85 Å². The van der Waals surface area contributed by atoms with Crippen LogP contribution in [-0.2, 0) is 5.04 Å². The molecule has 0 spiro atoms. The van der Waals surface area contributed by atoms with Crippen molar-refractivity contribution in [1.82, 2.24) is 0 Å². The van der Waals surface area contributed by atoms with Crippen molar-refractivity contribution in [2.24, 2.45) is 0 Å². The summed E-state index contributed by atoms with van der Waals surface area (Å²) in [7, 11) is -1.67. The molecule has 0 radical (unpaired) electrons. The molecule has 2 aromatic rings. The van der Waals surface area contributed by atoms with Gasteiger partial charge in [-0.05, 0) is 11.1 Å². The highest BCUT2D eigenvalue weighted by atomic mass is 28.3. The molecule has 2 rings (SSSR count). The van der Waals surface area contributed by atoms with Gasteiger partial charge in [-0.1, -0.05) is 67.6 Å². The Morgan fingerprint density at radius 3 is 1.50 bits per heavy atom. The van der Waals surface area contributed by atoms with Gasteiger partial charge < -0.3 is 4.11 Å². The normalized spacial score (nSPS) is 12.1. The van der Waals surface area contributed by atoms with Crippen LogP contribution in [0.25, 0.3) is 0 Å². The molecule has 0 heterocycles. The van der Waals surface area contributed by atoms with Crippen molar-refractivity contribution in [3.05, 3.63) is 71.8 Å². The van der Waals surface area contributed by atoms with Crippen LogP contribution >= 0.6 is 0 Å². The molecule has 0 amide bonds. The van der Waals surface area contributed by atoms with Gasteiger partial charge in [0.05, 0.1) is 0 Å². The Bertz CT molecular complexity index is 399. The van der Waals surface area contributed by atoms with Gasteiger partial charge in [-0.25, -0.2) is 0 Å². The summed E-state index contributed by atoms with van der Waals surface area (Å²) in [5, 5.41) is -0.400. The lowest BCUT2D eigenvalue weighted by atomic mass is 9.92. The van der Waals surface area contributed by atoms with Crippen molar-refractivity contribution in [3.63, 3.8) is 0 Å². The molecule has 0 bridgehead atoms. The zero-order chi connectivity index (χ0) is 11.4. The quantitative estimate of drug-likeness (QED) is 0.561. The summed E-state index contributed by atoms with van der Waals surface area (Å²) in [4.78, 5) is 0. The van der Waals surface area contributed by atoms with Crippen LogP contribution in [-0.4, -0.2) is 9.85 Å². The second kappa shape index (κ2) is 4.62. The molecule has 0 N–H and O–H groups in total. The maximum Gasteiger partial charge on any atom is 0.231 e. The minimum Gasteiger partial charge on any atom is -0.321 e. The van der Waals surface area contributed by atoms with E-state index in [1.807, 2.05) is 67.6 Å². The van der Waals surface area contributed by atoms with Gasteiger partial charge in [0.25, 0.3) is 0 Å². The average Bonchev–Trinajstić information content (AvgIpc) is 2.40. The summed E-state index contributed by atoms with van der Waals surface area (Å²) in [6.07, 6.45) is 0. The van der Waals surface area contributed by atoms with Gasteiger partial charge in [-0.2, -0.15) is 0 Å². The molecule has 82 valence electrons. The summed E-state index contributed by atoms with van der Waals surface area (Å²) < 4.78 is 13.6. The van der Waals surface area contributed by atoms with Crippen molar-refractivity contribution in [2.75, 3.05) is 0 Å². The lowest BCUT2D eigenvalue weighted by Crippen LogP contribution is -2.28. The first kappa shape index (κ1) is 11.1. The highest BCUT2D eigenvalue weighted by Gasteiger charge is 2.29. The maximum atomic E-state index is 13.6. The minimum absolute atomic E-state index is 0.400. The second-order valence-electron chi connectivity index (χ2n) is 4.20. The summed E-state index contributed by atoms with van der Waals surface area (Å²) in [5.41, 5.74) is 2.16. The van der Waals surface area contributed by atoms with E-state index in [-0.39, 0.29) is 0 Å². The number of rotatable bonds is 3. The smallest absolute Gasteiger partial charge is 0.231 e. The van der Waals surface area contributed by atoms with Gasteiger partial charge in [0, 0.05) is 5.04 Å². The van der Waals surface area contributed by atoms with Crippen molar-refractivity contribution >= 4 is 9.85 Å². The molecule has 0 unspecified atom stereocenters. The third-order valence-electron chi connectivity index (χ3n) is 3.09. The van der Waals surface area contributed by atoms with Crippen LogP contribution in [0.4, 0.5) is 4.11 Å². The highest BCUT2D eigenvalue weighted by Crippen LogP contribution is 2.30. The fourth-order valence-corrected chi connectivity index (χ4v) is 2.71. The third kappa shape index (κ3) is 1.93. The Morgan fingerprint density at radius 2 is 1.19 bits per heavy atom. The topological polar surface area (TPSA) is 0 Å². The van der Waals surface area contributed by atoms with E-state index >= 15 is 0 Å². The molecule has 0 aromatic heterocycles. The van der Waals surface area contributed by atoms with E-state index in [2.05, 4.69) is 0 Å². The largest absolute Gasteiger partial charge is 0.321 e. The van der Waals surface area contributed by atoms with Gasteiger partial charge >= 0.3 is 0 Å². The first-order chi connectivity index (χ1) is 7.77. The lowest BCUT2D eigenvalue weighted by molar-refractivity contribution is 0.716. The first-order valence-corrected chi connectivity index (χ1v) is 6.68. The molecule has 0 saturated carbocycles. The average molecular weight is 230 g/mol. The van der Waals surface area contributed by atoms with E-state index in [9.17, 15) is 4.11 Å². The summed E-state index contributed by atoms with van der Waals surface area (Å²) in [6.45, 7) is 2.00. The second-order valence-corrected chi connectivity index (χ2v) is 5.88. The molecule has 2 heteroatoms. The molecule has 0 aliphatic heterocycles. The molecular weight excluding hydrogens is 215 g/mol. The highest BCUT2D eigenvalue weighted by molar-refractivity contribution is 6.33. The predicted molar refractivity (Wildman–Crippen MR) is 69.0 cm³/mol. The fourth-order valence-electron chi connectivity index (χ4n) is 1.93. The van der Waals surface area contributed by atoms with Crippen LogP contribution in [0, 0.1) is 0 Å². The third-order valence-corrected chi connectivity index (χ3v) is 4.44. The molecule has 2 aromatic carbocycles. The van der Waals surface area contributed by atoms with Gasteiger partial charge in [-0.3, -0.25) is 0 Å². The number of hydrogen-bond donors (Lipinski definition) is 0. The van der Waals surface area contributed by atoms with Crippen LogP contribution in [0.5, 0.6) is 0 Å². The zero-order valence-corrected chi connectivity index (χ0v) is 10.8. The SMILES string of the molecule is CC([SiH2]F)(c1ccccc1)c1ccccc1. The van der Waals surface area contributed by atoms with E-state index in [1.165, 1.54) is 0 Å². The number of halogens is 1. The predicted octanol–water partition coefficient (Wildman–Crippen LogP) is 3.00. The van der Waals surface area contributed by atoms with E-state index in [1.54, 1.807) is 0 Å². The maximum absolute atomic E-state index is 13.6. The summed E-state index contributed by atoms with van der Waals surface area (Å²) >= 11 is 0. The van der Waals surface area contributed by atoms with E-state index < -0.39 is 14.9 Å². The summed E-state index contributed by atoms with van der Waals surface area (Å²) in [6, 6.07) is 19.9. The number of benzene rings is 2. The Kier molecular flexibility index (Phi) is 3.20. The molecule has 0 aliphatic rings. The van der Waals surface area contributed by atoms with Crippen molar-refractivity contribution < 1.29 is 4.11 Å². The van der Waals surface area contributed by atoms with Crippen LogP contribution in [0.2, 0.25) is 0 Å². The zero-order valence-electron chi connectivity index (χ0n) is 9.36. The van der Waals surface area contributed by atoms with E-state index in [0.29, 0.717) is 0 Å². The molecular formula is C14H15FSi. The standard InChI is InChI=1S/C14H15FSi/c1-14(16-15,12-8-4-2-5-9-12)13-10-6-3-7-11-13/h2-11H,16H2,1H3. The molecule has 16 heavy (non-hydrogen) atoms. The summed E-state index contributed by atoms with van der Waals surface area (Å²) in [5.74, 6) is 0. The van der Waals surface area contributed by atoms with Gasteiger partial charge in [0.1, 0.15) is 0 Å². The van der Waals surface area contributed by atoms with Gasteiger partial charge in [0.15, 0.2) is 0 Å². The fraction of sp³-hybridized carbons (Fsp3) is 0.143. The van der Waals surface area contributed by atoms with Crippen LogP contribution in [0.3, 0.4) is 0 Å². The van der Waals surface area contributed by atoms with E-state index in [0.717, 1.165) is 11.1 Å². The molecule has 0 nitrogen and oxygen atoms in total. The monoisotopic (exact) mass is 230 g/mol. The minimum atomic E-state index is -1.67. The van der Waals surface area contributed by atoms with E-state index in [4.69, 9.17) is 0 Å². The van der Waals surface area contributed by atoms with Crippen LogP contribution in [0.15, 0.2) is 60.7 Å². The Hall–Kier alpha value is -1.41. The molecule has 0 aliphatic carbocycles. The molecule has 0 fully saturated rings. The molecule has 0 saturated heterocycles. The van der Waals surface area contributed by atoms with Crippen molar-refractivity contribution in [1.29, 1.82) is 0 Å².